The molecule has 0 saturated carbocycles. The predicted molar refractivity (Wildman–Crippen MR) is 99.2 cm³/mol. The zero-order chi connectivity index (χ0) is 17.1. The lowest BCUT2D eigenvalue weighted by Crippen LogP contribution is -2.52. The van der Waals surface area contributed by atoms with Gasteiger partial charge in [-0.3, -0.25) is 4.90 Å². The summed E-state index contributed by atoms with van der Waals surface area (Å²) < 4.78 is 5.51. The first-order valence-electron chi connectivity index (χ1n) is 9.92. The number of hydrogen-bond donors (Lipinski definition) is 1. The third-order valence-corrected chi connectivity index (χ3v) is 5.90. The summed E-state index contributed by atoms with van der Waals surface area (Å²) in [5, 5.41) is 3.50. The molecule has 1 atom stereocenters. The second-order valence-corrected chi connectivity index (χ2v) is 7.61. The lowest BCUT2D eigenvalue weighted by Gasteiger charge is -2.41. The number of anilines is 1. The second kappa shape index (κ2) is 7.98. The Morgan fingerprint density at radius 2 is 1.88 bits per heavy atom. The average Bonchev–Trinajstić information content (AvgIpc) is 2.69. The minimum Gasteiger partial charge on any atom is -0.381 e. The topological polar surface area (TPSA) is 53.5 Å². The summed E-state index contributed by atoms with van der Waals surface area (Å²) >= 11 is 0. The van der Waals surface area contributed by atoms with Gasteiger partial charge in [0, 0.05) is 64.0 Å². The monoisotopic (exact) mass is 345 g/mol. The standard InChI is InChI=1S/C19H31N5O/c1-15-21-18(16-3-2-6-20-14-16)13-19(22-15)24-9-7-23(8-10-24)17-4-11-25-12-5-17/h13,16-17,20H,2-12,14H2,1H3/t16-/m1/s1. The van der Waals surface area contributed by atoms with Crippen LogP contribution in [-0.2, 0) is 4.74 Å². The van der Waals surface area contributed by atoms with Crippen molar-refractivity contribution in [3.05, 3.63) is 17.6 Å². The van der Waals surface area contributed by atoms with E-state index in [1.54, 1.807) is 0 Å². The van der Waals surface area contributed by atoms with Crippen LogP contribution in [0.3, 0.4) is 0 Å². The fraction of sp³-hybridized carbons (Fsp3) is 0.789. The summed E-state index contributed by atoms with van der Waals surface area (Å²) in [4.78, 5) is 14.6. The van der Waals surface area contributed by atoms with Crippen LogP contribution in [0.15, 0.2) is 6.07 Å². The molecule has 0 radical (unpaired) electrons. The molecule has 0 unspecified atom stereocenters. The van der Waals surface area contributed by atoms with Gasteiger partial charge in [0.05, 0.1) is 5.69 Å². The molecule has 1 N–H and O–H groups in total. The molecule has 25 heavy (non-hydrogen) atoms. The normalized spacial score (nSPS) is 26.8. The first kappa shape index (κ1) is 17.2. The van der Waals surface area contributed by atoms with E-state index in [-0.39, 0.29) is 0 Å². The van der Waals surface area contributed by atoms with Crippen LogP contribution in [0, 0.1) is 6.92 Å². The lowest BCUT2D eigenvalue weighted by molar-refractivity contribution is 0.0321. The van der Waals surface area contributed by atoms with E-state index in [4.69, 9.17) is 14.7 Å². The summed E-state index contributed by atoms with van der Waals surface area (Å²) in [5.41, 5.74) is 1.22. The van der Waals surface area contributed by atoms with Crippen molar-refractivity contribution in [2.45, 2.75) is 44.6 Å². The third-order valence-electron chi connectivity index (χ3n) is 5.90. The maximum atomic E-state index is 5.51. The number of aryl methyl sites for hydroxylation is 1. The van der Waals surface area contributed by atoms with Crippen molar-refractivity contribution in [1.82, 2.24) is 20.2 Å². The van der Waals surface area contributed by atoms with Crippen molar-refractivity contribution in [2.24, 2.45) is 0 Å². The Morgan fingerprint density at radius 3 is 2.60 bits per heavy atom. The van der Waals surface area contributed by atoms with Gasteiger partial charge in [0.2, 0.25) is 0 Å². The van der Waals surface area contributed by atoms with Crippen LogP contribution in [0.25, 0.3) is 0 Å². The molecule has 0 amide bonds. The van der Waals surface area contributed by atoms with Crippen molar-refractivity contribution in [1.29, 1.82) is 0 Å². The molecule has 0 aliphatic carbocycles. The minimum atomic E-state index is 0.540. The van der Waals surface area contributed by atoms with Crippen LogP contribution in [0.4, 0.5) is 5.82 Å². The summed E-state index contributed by atoms with van der Waals surface area (Å²) in [6, 6.07) is 2.96. The average molecular weight is 345 g/mol. The van der Waals surface area contributed by atoms with Crippen molar-refractivity contribution in [3.8, 4) is 0 Å². The van der Waals surface area contributed by atoms with E-state index < -0.39 is 0 Å². The van der Waals surface area contributed by atoms with Crippen LogP contribution in [0.2, 0.25) is 0 Å². The molecule has 3 aliphatic heterocycles. The molecule has 1 aromatic rings. The molecule has 1 aromatic heterocycles. The Kier molecular flexibility index (Phi) is 5.48. The van der Waals surface area contributed by atoms with E-state index in [1.165, 1.54) is 31.4 Å². The van der Waals surface area contributed by atoms with Gasteiger partial charge in [0.1, 0.15) is 11.6 Å². The number of piperazine rings is 1. The fourth-order valence-electron chi connectivity index (χ4n) is 4.42. The molecule has 3 aliphatic rings. The van der Waals surface area contributed by atoms with Gasteiger partial charge >= 0.3 is 0 Å². The highest BCUT2D eigenvalue weighted by molar-refractivity contribution is 5.41. The van der Waals surface area contributed by atoms with E-state index >= 15 is 0 Å². The summed E-state index contributed by atoms with van der Waals surface area (Å²) in [6.45, 7) is 10.5. The first-order valence-corrected chi connectivity index (χ1v) is 9.92. The molecule has 0 aromatic carbocycles. The minimum absolute atomic E-state index is 0.540. The quantitative estimate of drug-likeness (QED) is 0.897. The zero-order valence-electron chi connectivity index (χ0n) is 15.4. The molecule has 0 bridgehead atoms. The van der Waals surface area contributed by atoms with Crippen LogP contribution < -0.4 is 10.2 Å². The number of rotatable bonds is 3. The highest BCUT2D eigenvalue weighted by Gasteiger charge is 2.26. The summed E-state index contributed by atoms with van der Waals surface area (Å²) in [6.07, 6.45) is 4.85. The number of nitrogens with zero attached hydrogens (tertiary/aromatic N) is 4. The van der Waals surface area contributed by atoms with Crippen molar-refractivity contribution >= 4 is 5.82 Å². The number of aromatic nitrogens is 2. The third kappa shape index (κ3) is 4.13. The molecular formula is C19H31N5O. The molecule has 3 fully saturated rings. The molecule has 6 nitrogen and oxygen atoms in total. The zero-order valence-corrected chi connectivity index (χ0v) is 15.4. The van der Waals surface area contributed by atoms with Crippen molar-refractivity contribution < 1.29 is 4.74 Å². The Labute approximate surface area is 151 Å². The molecule has 3 saturated heterocycles. The van der Waals surface area contributed by atoms with Gasteiger partial charge < -0.3 is 15.0 Å². The Morgan fingerprint density at radius 1 is 1.08 bits per heavy atom. The van der Waals surface area contributed by atoms with Crippen LogP contribution in [0.1, 0.15) is 43.1 Å². The van der Waals surface area contributed by atoms with Crippen LogP contribution >= 0.6 is 0 Å². The van der Waals surface area contributed by atoms with Gasteiger partial charge in [-0.25, -0.2) is 9.97 Å². The highest BCUT2D eigenvalue weighted by Crippen LogP contribution is 2.25. The van der Waals surface area contributed by atoms with Gasteiger partial charge in [-0.2, -0.15) is 0 Å². The molecule has 6 heteroatoms. The SMILES string of the molecule is Cc1nc([C@@H]2CCCNC2)cc(N2CCN(C3CCOCC3)CC2)n1. The smallest absolute Gasteiger partial charge is 0.132 e. The summed E-state index contributed by atoms with van der Waals surface area (Å²) in [5.74, 6) is 2.57. The largest absolute Gasteiger partial charge is 0.381 e. The van der Waals surface area contributed by atoms with Crippen molar-refractivity contribution in [3.63, 3.8) is 0 Å². The molecule has 0 spiro atoms. The fourth-order valence-corrected chi connectivity index (χ4v) is 4.42. The number of nitrogens with one attached hydrogen (secondary N) is 1. The van der Waals surface area contributed by atoms with E-state index in [0.717, 1.165) is 64.1 Å². The predicted octanol–water partition coefficient (Wildman–Crippen LogP) is 1.55. The number of ether oxygens (including phenoxy) is 1. The number of piperidine rings is 1. The van der Waals surface area contributed by atoms with Gasteiger partial charge in [0.25, 0.3) is 0 Å². The van der Waals surface area contributed by atoms with Crippen LogP contribution in [0.5, 0.6) is 0 Å². The maximum absolute atomic E-state index is 5.51. The van der Waals surface area contributed by atoms with E-state index in [2.05, 4.69) is 21.2 Å². The van der Waals surface area contributed by atoms with E-state index in [0.29, 0.717) is 12.0 Å². The highest BCUT2D eigenvalue weighted by atomic mass is 16.5. The van der Waals surface area contributed by atoms with Gasteiger partial charge in [-0.15, -0.1) is 0 Å². The Bertz CT molecular complexity index is 561. The van der Waals surface area contributed by atoms with Gasteiger partial charge in [-0.05, 0) is 39.2 Å². The van der Waals surface area contributed by atoms with Gasteiger partial charge in [-0.1, -0.05) is 0 Å². The Balaban J connectivity index is 1.41. The molecule has 4 heterocycles. The first-order chi connectivity index (χ1) is 12.3. The molecule has 4 rings (SSSR count). The van der Waals surface area contributed by atoms with Crippen molar-refractivity contribution in [2.75, 3.05) is 57.4 Å². The Hall–Kier alpha value is -1.24. The van der Waals surface area contributed by atoms with E-state index in [9.17, 15) is 0 Å². The van der Waals surface area contributed by atoms with Gasteiger partial charge in [0.15, 0.2) is 0 Å². The second-order valence-electron chi connectivity index (χ2n) is 7.61. The van der Waals surface area contributed by atoms with Crippen LogP contribution in [-0.4, -0.2) is 73.4 Å². The molecule has 138 valence electrons. The lowest BCUT2D eigenvalue weighted by atomic mass is 9.96. The number of hydrogen-bond acceptors (Lipinski definition) is 6. The summed E-state index contributed by atoms with van der Waals surface area (Å²) in [7, 11) is 0. The van der Waals surface area contributed by atoms with E-state index in [1.807, 2.05) is 6.92 Å². The molecular weight excluding hydrogens is 314 g/mol. The maximum Gasteiger partial charge on any atom is 0.132 e.